The molecule has 0 aromatic heterocycles. The zero-order chi connectivity index (χ0) is 13.1. The number of anilines is 1. The van der Waals surface area contributed by atoms with Gasteiger partial charge in [0.1, 0.15) is 0 Å². The fourth-order valence-corrected chi connectivity index (χ4v) is 3.04. The average Bonchev–Trinajstić information content (AvgIpc) is 2.37. The van der Waals surface area contributed by atoms with Crippen LogP contribution in [0.1, 0.15) is 43.7 Å². The van der Waals surface area contributed by atoms with E-state index in [1.54, 1.807) is 0 Å². The van der Waals surface area contributed by atoms with E-state index in [2.05, 4.69) is 37.9 Å². The van der Waals surface area contributed by atoms with Crippen LogP contribution in [0.2, 0.25) is 0 Å². The van der Waals surface area contributed by atoms with E-state index < -0.39 is 0 Å². The van der Waals surface area contributed by atoms with Crippen LogP contribution in [0.25, 0.3) is 0 Å². The summed E-state index contributed by atoms with van der Waals surface area (Å²) in [6.07, 6.45) is 5.34. The van der Waals surface area contributed by atoms with Crippen LogP contribution in [0.4, 0.5) is 5.69 Å². The Hall–Kier alpha value is -1.02. The second kappa shape index (κ2) is 5.75. The summed E-state index contributed by atoms with van der Waals surface area (Å²) in [7, 11) is 2.20. The lowest BCUT2D eigenvalue weighted by molar-refractivity contribution is 0.281. The van der Waals surface area contributed by atoms with E-state index in [1.165, 1.54) is 36.9 Å². The second-order valence-electron chi connectivity index (χ2n) is 5.81. The predicted molar refractivity (Wildman–Crippen MR) is 76.9 cm³/mol. The Kier molecular flexibility index (Phi) is 4.28. The van der Waals surface area contributed by atoms with Crippen molar-refractivity contribution in [1.82, 2.24) is 0 Å². The highest BCUT2D eigenvalue weighted by atomic mass is 16.3. The van der Waals surface area contributed by atoms with Crippen LogP contribution < -0.4 is 4.90 Å². The molecule has 100 valence electrons. The molecule has 1 saturated carbocycles. The maximum Gasteiger partial charge on any atom is 0.0684 e. The highest BCUT2D eigenvalue weighted by Crippen LogP contribution is 2.30. The minimum Gasteiger partial charge on any atom is -0.392 e. The van der Waals surface area contributed by atoms with Crippen molar-refractivity contribution in [3.63, 3.8) is 0 Å². The lowest BCUT2D eigenvalue weighted by atomic mass is 9.86. The summed E-state index contributed by atoms with van der Waals surface area (Å²) in [5, 5.41) is 9.22. The monoisotopic (exact) mass is 247 g/mol. The number of hydrogen-bond acceptors (Lipinski definition) is 2. The van der Waals surface area contributed by atoms with Crippen molar-refractivity contribution in [2.75, 3.05) is 11.9 Å². The second-order valence-corrected chi connectivity index (χ2v) is 5.81. The van der Waals surface area contributed by atoms with Crippen LogP contribution >= 0.6 is 0 Å². The van der Waals surface area contributed by atoms with Crippen LogP contribution in [0.3, 0.4) is 0 Å². The fraction of sp³-hybridized carbons (Fsp3) is 0.625. The van der Waals surface area contributed by atoms with Gasteiger partial charge in [0.2, 0.25) is 0 Å². The molecule has 0 bridgehead atoms. The number of nitrogens with zero attached hydrogens (tertiary/aromatic N) is 1. The summed E-state index contributed by atoms with van der Waals surface area (Å²) in [4.78, 5) is 2.42. The van der Waals surface area contributed by atoms with Crippen LogP contribution in [-0.4, -0.2) is 18.2 Å². The standard InChI is InChI=1S/C16H25NO/c1-12-5-4-6-15(9-12)17(3)16-8-7-14(11-18)13(2)10-16/h7-8,10,12,15,18H,4-6,9,11H2,1-3H3. The fourth-order valence-electron chi connectivity index (χ4n) is 3.04. The van der Waals surface area contributed by atoms with Gasteiger partial charge in [0.25, 0.3) is 0 Å². The van der Waals surface area contributed by atoms with Gasteiger partial charge < -0.3 is 10.0 Å². The van der Waals surface area contributed by atoms with Gasteiger partial charge in [-0.3, -0.25) is 0 Å². The molecule has 0 amide bonds. The first kappa shape index (κ1) is 13.4. The molecule has 1 aromatic rings. The molecular formula is C16H25NO. The minimum atomic E-state index is 0.135. The number of benzene rings is 1. The van der Waals surface area contributed by atoms with Gasteiger partial charge in [0, 0.05) is 18.8 Å². The van der Waals surface area contributed by atoms with Crippen molar-refractivity contribution >= 4 is 5.69 Å². The first-order valence-corrected chi connectivity index (χ1v) is 7.05. The summed E-state index contributed by atoms with van der Waals surface area (Å²) < 4.78 is 0. The summed E-state index contributed by atoms with van der Waals surface area (Å²) in [5.41, 5.74) is 3.50. The van der Waals surface area contributed by atoms with Gasteiger partial charge in [-0.2, -0.15) is 0 Å². The van der Waals surface area contributed by atoms with Gasteiger partial charge in [-0.05, 0) is 48.9 Å². The lowest BCUT2D eigenvalue weighted by Gasteiger charge is -2.36. The Labute approximate surface area is 111 Å². The van der Waals surface area contributed by atoms with Crippen molar-refractivity contribution in [3.8, 4) is 0 Å². The summed E-state index contributed by atoms with van der Waals surface area (Å²) in [6, 6.07) is 7.06. The van der Waals surface area contributed by atoms with Gasteiger partial charge in [0.05, 0.1) is 6.61 Å². The molecule has 2 atom stereocenters. The first-order chi connectivity index (χ1) is 8.61. The number of aliphatic hydroxyl groups excluding tert-OH is 1. The van der Waals surface area contributed by atoms with E-state index in [4.69, 9.17) is 0 Å². The Morgan fingerprint density at radius 1 is 1.33 bits per heavy atom. The predicted octanol–water partition coefficient (Wildman–Crippen LogP) is 3.50. The highest BCUT2D eigenvalue weighted by Gasteiger charge is 2.22. The molecule has 0 heterocycles. The number of rotatable bonds is 3. The van der Waals surface area contributed by atoms with Crippen LogP contribution in [0.5, 0.6) is 0 Å². The molecule has 2 heteroatoms. The van der Waals surface area contributed by atoms with Crippen molar-refractivity contribution in [2.45, 2.75) is 52.2 Å². The Morgan fingerprint density at radius 3 is 2.72 bits per heavy atom. The summed E-state index contributed by atoms with van der Waals surface area (Å²) >= 11 is 0. The van der Waals surface area contributed by atoms with Crippen LogP contribution in [-0.2, 0) is 6.61 Å². The van der Waals surface area contributed by atoms with Gasteiger partial charge in [-0.1, -0.05) is 25.8 Å². The third-order valence-corrected chi connectivity index (χ3v) is 4.36. The van der Waals surface area contributed by atoms with Crippen LogP contribution in [0.15, 0.2) is 18.2 Å². The molecule has 1 aromatic carbocycles. The van der Waals surface area contributed by atoms with Crippen molar-refractivity contribution in [2.24, 2.45) is 5.92 Å². The smallest absolute Gasteiger partial charge is 0.0684 e. The normalized spacial score (nSPS) is 24.0. The lowest BCUT2D eigenvalue weighted by Crippen LogP contribution is -2.35. The van der Waals surface area contributed by atoms with Gasteiger partial charge in [-0.25, -0.2) is 0 Å². The molecule has 0 aliphatic heterocycles. The maximum absolute atomic E-state index is 9.22. The number of aliphatic hydroxyl groups is 1. The molecule has 0 saturated heterocycles. The van der Waals surface area contributed by atoms with E-state index in [9.17, 15) is 5.11 Å². The van der Waals surface area contributed by atoms with Crippen molar-refractivity contribution in [3.05, 3.63) is 29.3 Å². The largest absolute Gasteiger partial charge is 0.392 e. The molecular weight excluding hydrogens is 222 g/mol. The summed E-state index contributed by atoms with van der Waals surface area (Å²) in [5.74, 6) is 0.851. The quantitative estimate of drug-likeness (QED) is 0.883. The van der Waals surface area contributed by atoms with Crippen LogP contribution in [0, 0.1) is 12.8 Å². The number of hydrogen-bond donors (Lipinski definition) is 1. The van der Waals surface area contributed by atoms with Gasteiger partial charge >= 0.3 is 0 Å². The average molecular weight is 247 g/mol. The minimum absolute atomic E-state index is 0.135. The van der Waals surface area contributed by atoms with Gasteiger partial charge in [-0.15, -0.1) is 0 Å². The third-order valence-electron chi connectivity index (χ3n) is 4.36. The van der Waals surface area contributed by atoms with E-state index in [0.29, 0.717) is 6.04 Å². The molecule has 2 nitrogen and oxygen atoms in total. The molecule has 1 N–H and O–H groups in total. The van der Waals surface area contributed by atoms with E-state index in [0.717, 1.165) is 11.5 Å². The molecule has 0 spiro atoms. The third kappa shape index (κ3) is 2.86. The molecule has 1 fully saturated rings. The molecule has 1 aliphatic rings. The SMILES string of the molecule is Cc1cc(N(C)C2CCCC(C)C2)ccc1CO. The van der Waals surface area contributed by atoms with E-state index >= 15 is 0 Å². The molecule has 2 rings (SSSR count). The topological polar surface area (TPSA) is 23.5 Å². The molecule has 1 aliphatic carbocycles. The zero-order valence-corrected chi connectivity index (χ0v) is 11.8. The highest BCUT2D eigenvalue weighted by molar-refractivity contribution is 5.51. The van der Waals surface area contributed by atoms with Crippen molar-refractivity contribution in [1.29, 1.82) is 0 Å². The molecule has 0 radical (unpaired) electrons. The van der Waals surface area contributed by atoms with Gasteiger partial charge in [0.15, 0.2) is 0 Å². The maximum atomic E-state index is 9.22. The van der Waals surface area contributed by atoms with E-state index in [1.807, 2.05) is 6.07 Å². The Bertz CT molecular complexity index is 402. The number of aryl methyl sites for hydroxylation is 1. The molecule has 18 heavy (non-hydrogen) atoms. The van der Waals surface area contributed by atoms with Crippen molar-refractivity contribution < 1.29 is 5.11 Å². The zero-order valence-electron chi connectivity index (χ0n) is 11.8. The Morgan fingerprint density at radius 2 is 2.11 bits per heavy atom. The first-order valence-electron chi connectivity index (χ1n) is 7.05. The van der Waals surface area contributed by atoms with E-state index in [-0.39, 0.29) is 6.61 Å². The summed E-state index contributed by atoms with van der Waals surface area (Å²) in [6.45, 7) is 4.57. The Balaban J connectivity index is 2.12. The molecule has 2 unspecified atom stereocenters.